The predicted octanol–water partition coefficient (Wildman–Crippen LogP) is 4.72. The van der Waals surface area contributed by atoms with Crippen LogP contribution in [0.1, 0.15) is 16.5 Å². The van der Waals surface area contributed by atoms with Crippen LogP contribution in [0.2, 0.25) is 0 Å². The van der Waals surface area contributed by atoms with Gasteiger partial charge in [0.25, 0.3) is 0 Å². The monoisotopic (exact) mass is 394 g/mol. The molecule has 3 aromatic rings. The van der Waals surface area contributed by atoms with Gasteiger partial charge in [-0.25, -0.2) is 13.4 Å². The molecule has 1 atom stereocenters. The lowest BCUT2D eigenvalue weighted by molar-refractivity contribution is 0.396. The van der Waals surface area contributed by atoms with Gasteiger partial charge in [0.1, 0.15) is 10.9 Å². The highest BCUT2D eigenvalue weighted by Gasteiger charge is 2.31. The van der Waals surface area contributed by atoms with E-state index < -0.39 is 15.1 Å². The first kappa shape index (κ1) is 19.4. The maximum atomic E-state index is 13.3. The van der Waals surface area contributed by atoms with Gasteiger partial charge in [0.2, 0.25) is 5.88 Å². The van der Waals surface area contributed by atoms with E-state index >= 15 is 0 Å². The first-order valence-electron chi connectivity index (χ1n) is 8.46. The molecule has 0 aliphatic rings. The summed E-state index contributed by atoms with van der Waals surface area (Å²) in [6, 6.07) is 20.2. The highest BCUT2D eigenvalue weighted by molar-refractivity contribution is 7.91. The van der Waals surface area contributed by atoms with Crippen molar-refractivity contribution in [2.75, 3.05) is 7.11 Å². The minimum Gasteiger partial charge on any atom is -0.481 e. The minimum absolute atomic E-state index is 0.0189. The molecule has 28 heavy (non-hydrogen) atoms. The first-order valence-corrected chi connectivity index (χ1v) is 10.0. The number of benzene rings is 2. The minimum atomic E-state index is -3.89. The van der Waals surface area contributed by atoms with Crippen molar-refractivity contribution < 1.29 is 13.2 Å². The Morgan fingerprint density at radius 1 is 0.964 bits per heavy atom. The van der Waals surface area contributed by atoms with Gasteiger partial charge in [-0.3, -0.25) is 0 Å². The van der Waals surface area contributed by atoms with E-state index in [-0.39, 0.29) is 22.2 Å². The number of nitrogens with zero attached hydrogens (tertiary/aromatic N) is 2. The first-order chi connectivity index (χ1) is 13.6. The van der Waals surface area contributed by atoms with Gasteiger partial charge >= 0.3 is 0 Å². The molecule has 0 spiro atoms. The van der Waals surface area contributed by atoms with Crippen LogP contribution in [-0.2, 0) is 9.84 Å². The van der Waals surface area contributed by atoms with Crippen LogP contribution in [0.5, 0.6) is 5.88 Å². The molecule has 0 saturated heterocycles. The van der Waals surface area contributed by atoms with Gasteiger partial charge in [0, 0.05) is 6.07 Å². The quantitative estimate of drug-likeness (QED) is 0.542. The van der Waals surface area contributed by atoms with Crippen molar-refractivity contribution in [2.45, 2.75) is 10.1 Å². The molecular weight excluding hydrogens is 376 g/mol. The van der Waals surface area contributed by atoms with Crippen LogP contribution < -0.4 is 4.74 Å². The Labute approximate surface area is 163 Å². The second-order valence-corrected chi connectivity index (χ2v) is 7.97. The van der Waals surface area contributed by atoms with Gasteiger partial charge in [-0.1, -0.05) is 60.7 Å². The molecule has 1 unspecified atom stereocenters. The summed E-state index contributed by atoms with van der Waals surface area (Å²) in [4.78, 5) is 15.7. The molecule has 3 rings (SSSR count). The van der Waals surface area contributed by atoms with Gasteiger partial charge in [-0.2, -0.15) is 0 Å². The smallest absolute Gasteiger partial charge is 0.213 e. The lowest BCUT2D eigenvalue weighted by atomic mass is 10.1. The molecule has 0 amide bonds. The Morgan fingerprint density at radius 3 is 2.21 bits per heavy atom. The molecular formula is C21H18N2O4S. The summed E-state index contributed by atoms with van der Waals surface area (Å²) in [5, 5.41) is 1.75. The molecule has 0 aliphatic heterocycles. The molecule has 0 aliphatic carbocycles. The third-order valence-corrected chi connectivity index (χ3v) is 6.10. The van der Waals surface area contributed by atoms with Gasteiger partial charge in [-0.15, -0.1) is 4.91 Å². The average molecular weight is 394 g/mol. The van der Waals surface area contributed by atoms with Crippen LogP contribution in [0.15, 0.2) is 88.9 Å². The number of ether oxygens (including phenoxy) is 1. The van der Waals surface area contributed by atoms with Crippen molar-refractivity contribution in [3.05, 3.63) is 95.0 Å². The van der Waals surface area contributed by atoms with E-state index in [0.29, 0.717) is 0 Å². The lowest BCUT2D eigenvalue weighted by Crippen LogP contribution is -2.14. The molecule has 0 bridgehead atoms. The summed E-state index contributed by atoms with van der Waals surface area (Å²) in [6.07, 6.45) is 3.19. The fourth-order valence-corrected chi connectivity index (χ4v) is 4.29. The number of hydrogen-bond acceptors (Lipinski definition) is 6. The average Bonchev–Trinajstić information content (AvgIpc) is 2.75. The molecule has 2 aromatic carbocycles. The Bertz CT molecular complexity index is 1080. The zero-order valence-corrected chi connectivity index (χ0v) is 15.9. The maximum absolute atomic E-state index is 13.3. The summed E-state index contributed by atoms with van der Waals surface area (Å²) < 4.78 is 31.8. The Kier molecular flexibility index (Phi) is 5.96. The van der Waals surface area contributed by atoms with Gasteiger partial charge < -0.3 is 4.74 Å². The van der Waals surface area contributed by atoms with Crippen molar-refractivity contribution in [2.24, 2.45) is 5.18 Å². The SMILES string of the molecule is COc1ccc(N=O)c(C(/C=C/c2ccccc2)S(=O)(=O)c2ccccc2)n1. The zero-order valence-electron chi connectivity index (χ0n) is 15.1. The van der Waals surface area contributed by atoms with Gasteiger partial charge in [-0.05, 0) is 28.9 Å². The Hall–Kier alpha value is -3.32. The van der Waals surface area contributed by atoms with E-state index in [1.807, 2.05) is 30.3 Å². The molecule has 0 N–H and O–H groups in total. The van der Waals surface area contributed by atoms with Crippen molar-refractivity contribution in [3.8, 4) is 5.88 Å². The third-order valence-electron chi connectivity index (χ3n) is 4.12. The normalized spacial score (nSPS) is 12.6. The summed E-state index contributed by atoms with van der Waals surface area (Å²) >= 11 is 0. The Morgan fingerprint density at radius 2 is 1.61 bits per heavy atom. The van der Waals surface area contributed by atoms with Gasteiger partial charge in [0.05, 0.1) is 17.7 Å². The van der Waals surface area contributed by atoms with E-state index in [1.165, 1.54) is 37.5 Å². The fourth-order valence-electron chi connectivity index (χ4n) is 2.71. The van der Waals surface area contributed by atoms with Crippen LogP contribution >= 0.6 is 0 Å². The number of pyridine rings is 1. The zero-order chi connectivity index (χ0) is 20.0. The van der Waals surface area contributed by atoms with E-state index in [1.54, 1.807) is 24.3 Å². The second-order valence-electron chi connectivity index (χ2n) is 5.90. The lowest BCUT2D eigenvalue weighted by Gasteiger charge is -2.16. The maximum Gasteiger partial charge on any atom is 0.213 e. The number of rotatable bonds is 7. The second kappa shape index (κ2) is 8.58. The predicted molar refractivity (Wildman–Crippen MR) is 108 cm³/mol. The molecule has 6 nitrogen and oxygen atoms in total. The molecule has 0 fully saturated rings. The highest BCUT2D eigenvalue weighted by atomic mass is 32.2. The molecule has 1 heterocycles. The van der Waals surface area contributed by atoms with Crippen molar-refractivity contribution in [1.82, 2.24) is 4.98 Å². The van der Waals surface area contributed by atoms with E-state index in [0.717, 1.165) is 5.56 Å². The van der Waals surface area contributed by atoms with Crippen LogP contribution in [0.3, 0.4) is 0 Å². The van der Waals surface area contributed by atoms with Crippen molar-refractivity contribution in [1.29, 1.82) is 0 Å². The van der Waals surface area contributed by atoms with Gasteiger partial charge in [0.15, 0.2) is 9.84 Å². The number of hydrogen-bond donors (Lipinski definition) is 0. The summed E-state index contributed by atoms with van der Waals surface area (Å²) in [5.41, 5.74) is 0.785. The molecule has 7 heteroatoms. The Balaban J connectivity index is 2.18. The summed E-state index contributed by atoms with van der Waals surface area (Å²) in [7, 11) is -2.47. The molecule has 0 radical (unpaired) electrons. The molecule has 0 saturated carbocycles. The molecule has 142 valence electrons. The van der Waals surface area contributed by atoms with Crippen molar-refractivity contribution in [3.63, 3.8) is 0 Å². The summed E-state index contributed by atoms with van der Waals surface area (Å²) in [5.74, 6) is 0.198. The van der Waals surface area contributed by atoms with E-state index in [9.17, 15) is 13.3 Å². The standard InChI is InChI=1S/C21H18N2O4S/c1-27-20-15-13-18(23-24)21(22-20)19(14-12-16-8-4-2-5-9-16)28(25,26)17-10-6-3-7-11-17/h2-15,19H,1H3/b14-12+. The number of sulfone groups is 1. The third kappa shape index (κ3) is 4.15. The highest BCUT2D eigenvalue weighted by Crippen LogP contribution is 2.36. The fraction of sp³-hybridized carbons (Fsp3) is 0.0952. The topological polar surface area (TPSA) is 85.7 Å². The number of nitroso groups, excluding NO2 is 1. The van der Waals surface area contributed by atoms with E-state index in [2.05, 4.69) is 10.2 Å². The number of aromatic nitrogens is 1. The number of methoxy groups -OCH3 is 1. The van der Waals surface area contributed by atoms with Crippen LogP contribution in [0, 0.1) is 4.91 Å². The van der Waals surface area contributed by atoms with Crippen LogP contribution in [0.4, 0.5) is 5.69 Å². The largest absolute Gasteiger partial charge is 0.481 e. The van der Waals surface area contributed by atoms with Crippen LogP contribution in [0.25, 0.3) is 6.08 Å². The van der Waals surface area contributed by atoms with E-state index in [4.69, 9.17) is 4.74 Å². The van der Waals surface area contributed by atoms with Crippen molar-refractivity contribution >= 4 is 21.6 Å². The molecule has 1 aromatic heterocycles. The van der Waals surface area contributed by atoms with Crippen LogP contribution in [-0.4, -0.2) is 20.5 Å². The summed E-state index contributed by atoms with van der Waals surface area (Å²) in [6.45, 7) is 0.